The molecule has 6 heteroatoms. The van der Waals surface area contributed by atoms with Gasteiger partial charge in [0.05, 0.1) is 5.52 Å². The largest absolute Gasteiger partial charge is 0.356 e. The quantitative estimate of drug-likeness (QED) is 0.258. The standard InChI is InChI=1S/C28H24F2N2O2/c1-17-23(24-15-22(29)16-25(30)27(24)32-17)5-3-4-6-26(33)20-11-7-18(8-12-20)19-9-13-21(14-10-19)28(34)31-2/h4,6-16,32H,3,5H2,1-2H3,(H,31,34). The fraction of sp³-hybridized carbons (Fsp3) is 0.143. The monoisotopic (exact) mass is 458 g/mol. The van der Waals surface area contributed by atoms with Crippen LogP contribution >= 0.6 is 0 Å². The van der Waals surface area contributed by atoms with Crippen LogP contribution in [0.3, 0.4) is 0 Å². The third-order valence-corrected chi connectivity index (χ3v) is 5.85. The van der Waals surface area contributed by atoms with Crippen LogP contribution in [-0.4, -0.2) is 23.7 Å². The molecule has 0 saturated carbocycles. The number of benzene rings is 3. The van der Waals surface area contributed by atoms with Crippen LogP contribution < -0.4 is 5.32 Å². The van der Waals surface area contributed by atoms with Crippen LogP contribution in [0.1, 0.15) is 38.4 Å². The molecule has 0 aliphatic heterocycles. The number of H-pyrrole nitrogens is 1. The molecule has 1 amide bonds. The van der Waals surface area contributed by atoms with Gasteiger partial charge in [0.1, 0.15) is 11.6 Å². The van der Waals surface area contributed by atoms with Crippen molar-refractivity contribution in [2.75, 3.05) is 7.05 Å². The van der Waals surface area contributed by atoms with Crippen LogP contribution in [-0.2, 0) is 6.42 Å². The van der Waals surface area contributed by atoms with E-state index >= 15 is 0 Å². The number of carbonyl (C=O) groups is 2. The van der Waals surface area contributed by atoms with E-state index in [1.54, 1.807) is 37.4 Å². The number of aromatic nitrogens is 1. The predicted octanol–water partition coefficient (Wildman–Crippen LogP) is 6.15. The Morgan fingerprint density at radius 3 is 2.18 bits per heavy atom. The maximum Gasteiger partial charge on any atom is 0.251 e. The van der Waals surface area contributed by atoms with Crippen LogP contribution in [0.2, 0.25) is 0 Å². The Balaban J connectivity index is 1.40. The third-order valence-electron chi connectivity index (χ3n) is 5.85. The molecule has 1 aromatic heterocycles. The number of amides is 1. The number of halogens is 2. The third kappa shape index (κ3) is 4.81. The second-order valence-corrected chi connectivity index (χ2v) is 8.08. The number of fused-ring (bicyclic) bond motifs is 1. The van der Waals surface area contributed by atoms with Gasteiger partial charge in [0.2, 0.25) is 0 Å². The summed E-state index contributed by atoms with van der Waals surface area (Å²) in [7, 11) is 1.59. The molecule has 4 aromatic rings. The first-order chi connectivity index (χ1) is 16.4. The lowest BCUT2D eigenvalue weighted by molar-refractivity contribution is 0.0962. The molecular weight excluding hydrogens is 434 g/mol. The van der Waals surface area contributed by atoms with Crippen molar-refractivity contribution in [2.45, 2.75) is 19.8 Å². The second kappa shape index (κ2) is 9.83. The van der Waals surface area contributed by atoms with Gasteiger partial charge in [-0.1, -0.05) is 42.5 Å². The summed E-state index contributed by atoms with van der Waals surface area (Å²) in [4.78, 5) is 27.2. The normalized spacial score (nSPS) is 11.3. The highest BCUT2D eigenvalue weighted by molar-refractivity contribution is 6.04. The minimum absolute atomic E-state index is 0.116. The summed E-state index contributed by atoms with van der Waals surface area (Å²) in [5, 5.41) is 3.13. The molecule has 34 heavy (non-hydrogen) atoms. The number of rotatable bonds is 7. The average Bonchev–Trinajstić information content (AvgIpc) is 3.16. The number of ketones is 1. The molecule has 0 atom stereocenters. The van der Waals surface area contributed by atoms with Gasteiger partial charge in [-0.3, -0.25) is 9.59 Å². The molecule has 0 unspecified atom stereocenters. The summed E-state index contributed by atoms with van der Waals surface area (Å²) < 4.78 is 27.6. The molecule has 2 N–H and O–H groups in total. The molecule has 0 bridgehead atoms. The van der Waals surface area contributed by atoms with E-state index < -0.39 is 11.6 Å². The van der Waals surface area contributed by atoms with Crippen molar-refractivity contribution < 1.29 is 18.4 Å². The van der Waals surface area contributed by atoms with Gasteiger partial charge in [-0.2, -0.15) is 0 Å². The van der Waals surface area contributed by atoms with Crippen molar-refractivity contribution in [1.82, 2.24) is 10.3 Å². The molecule has 0 saturated heterocycles. The number of carbonyl (C=O) groups excluding carboxylic acids is 2. The van der Waals surface area contributed by atoms with Crippen LogP contribution in [0.15, 0.2) is 72.8 Å². The van der Waals surface area contributed by atoms with Gasteiger partial charge < -0.3 is 10.3 Å². The Labute approximate surface area is 196 Å². The van der Waals surface area contributed by atoms with Gasteiger partial charge in [0.25, 0.3) is 5.91 Å². The molecule has 172 valence electrons. The van der Waals surface area contributed by atoms with Gasteiger partial charge in [-0.25, -0.2) is 8.78 Å². The first kappa shape index (κ1) is 23.1. The molecule has 0 aliphatic carbocycles. The lowest BCUT2D eigenvalue weighted by Crippen LogP contribution is -2.17. The van der Waals surface area contributed by atoms with E-state index in [0.29, 0.717) is 34.9 Å². The Bertz CT molecular complexity index is 1380. The number of allylic oxidation sites excluding steroid dienone is 2. The topological polar surface area (TPSA) is 62.0 Å². The average molecular weight is 459 g/mol. The van der Waals surface area contributed by atoms with Crippen molar-refractivity contribution in [3.63, 3.8) is 0 Å². The number of hydrogen-bond donors (Lipinski definition) is 2. The Morgan fingerprint density at radius 2 is 1.56 bits per heavy atom. The highest BCUT2D eigenvalue weighted by atomic mass is 19.1. The van der Waals surface area contributed by atoms with Gasteiger partial charge in [-0.15, -0.1) is 0 Å². The minimum atomic E-state index is -0.610. The lowest BCUT2D eigenvalue weighted by Gasteiger charge is -2.05. The SMILES string of the molecule is CNC(=O)c1ccc(-c2ccc(C(=O)C=CCCc3c(C)[nH]c4c(F)cc(F)cc34)cc2)cc1. The van der Waals surface area contributed by atoms with Gasteiger partial charge in [0, 0.05) is 35.3 Å². The maximum atomic E-state index is 14.0. The van der Waals surface area contributed by atoms with Gasteiger partial charge in [-0.05, 0) is 60.7 Å². The van der Waals surface area contributed by atoms with Crippen LogP contribution in [0.25, 0.3) is 22.0 Å². The van der Waals surface area contributed by atoms with Crippen molar-refractivity contribution in [2.24, 2.45) is 0 Å². The molecule has 0 spiro atoms. The molecule has 0 aliphatic rings. The number of hydrogen-bond acceptors (Lipinski definition) is 2. The second-order valence-electron chi connectivity index (χ2n) is 8.08. The molecule has 4 rings (SSSR count). The number of aryl methyl sites for hydroxylation is 2. The zero-order chi connectivity index (χ0) is 24.2. The molecule has 1 heterocycles. The molecule has 0 radical (unpaired) electrons. The van der Waals surface area contributed by atoms with Gasteiger partial charge in [0.15, 0.2) is 5.78 Å². The highest BCUT2D eigenvalue weighted by Crippen LogP contribution is 2.27. The summed E-state index contributed by atoms with van der Waals surface area (Å²) in [6.45, 7) is 1.83. The first-order valence-electron chi connectivity index (χ1n) is 11.0. The summed E-state index contributed by atoms with van der Waals surface area (Å²) in [5.41, 5.74) is 4.98. The summed E-state index contributed by atoms with van der Waals surface area (Å²) in [5.74, 6) is -1.48. The zero-order valence-electron chi connectivity index (χ0n) is 18.9. The lowest BCUT2D eigenvalue weighted by atomic mass is 10.0. The highest BCUT2D eigenvalue weighted by Gasteiger charge is 2.13. The molecule has 3 aromatic carbocycles. The van der Waals surface area contributed by atoms with E-state index in [1.807, 2.05) is 31.2 Å². The smallest absolute Gasteiger partial charge is 0.251 e. The first-order valence-corrected chi connectivity index (χ1v) is 11.0. The predicted molar refractivity (Wildman–Crippen MR) is 130 cm³/mol. The molecule has 4 nitrogen and oxygen atoms in total. The van der Waals surface area contributed by atoms with E-state index in [-0.39, 0.29) is 11.7 Å². The number of nitrogens with one attached hydrogen (secondary N) is 2. The summed E-state index contributed by atoms with van der Waals surface area (Å²) in [6.07, 6.45) is 4.43. The van der Waals surface area contributed by atoms with Crippen LogP contribution in [0, 0.1) is 18.6 Å². The fourth-order valence-electron chi connectivity index (χ4n) is 4.03. The van der Waals surface area contributed by atoms with Gasteiger partial charge >= 0.3 is 0 Å². The van der Waals surface area contributed by atoms with Crippen molar-refractivity contribution in [3.8, 4) is 11.1 Å². The Hall–Kier alpha value is -4.06. The fourth-order valence-corrected chi connectivity index (χ4v) is 4.03. The van der Waals surface area contributed by atoms with Crippen molar-refractivity contribution >= 4 is 22.6 Å². The van der Waals surface area contributed by atoms with E-state index in [4.69, 9.17) is 0 Å². The molecule has 0 fully saturated rings. The van der Waals surface area contributed by atoms with E-state index in [2.05, 4.69) is 10.3 Å². The molecular formula is C28H24F2N2O2. The zero-order valence-corrected chi connectivity index (χ0v) is 18.9. The maximum absolute atomic E-state index is 14.0. The summed E-state index contributed by atoms with van der Waals surface area (Å²) >= 11 is 0. The number of aromatic amines is 1. The van der Waals surface area contributed by atoms with Crippen molar-refractivity contribution in [1.29, 1.82) is 0 Å². The Kier molecular flexibility index (Phi) is 6.68. The summed E-state index contributed by atoms with van der Waals surface area (Å²) in [6, 6.07) is 16.7. The van der Waals surface area contributed by atoms with E-state index in [9.17, 15) is 18.4 Å². The Morgan fingerprint density at radius 1 is 0.941 bits per heavy atom. The minimum Gasteiger partial charge on any atom is -0.356 e. The van der Waals surface area contributed by atoms with E-state index in [0.717, 1.165) is 28.5 Å². The van der Waals surface area contributed by atoms with Crippen LogP contribution in [0.4, 0.5) is 8.78 Å². The van der Waals surface area contributed by atoms with E-state index in [1.165, 1.54) is 12.1 Å². The van der Waals surface area contributed by atoms with Crippen LogP contribution in [0.5, 0.6) is 0 Å². The van der Waals surface area contributed by atoms with Crippen molar-refractivity contribution in [3.05, 3.63) is 107 Å².